The predicted octanol–water partition coefficient (Wildman–Crippen LogP) is 4.59. The Labute approximate surface area is 188 Å². The molecule has 0 radical (unpaired) electrons. The number of fused-ring (bicyclic) bond motifs is 1. The zero-order valence-corrected chi connectivity index (χ0v) is 18.8. The fourth-order valence-electron chi connectivity index (χ4n) is 3.29. The van der Waals surface area contributed by atoms with Crippen molar-refractivity contribution in [3.63, 3.8) is 0 Å². The maximum absolute atomic E-state index is 12.7. The smallest absolute Gasteiger partial charge is 0.260 e. The molecule has 4 rings (SSSR count). The van der Waals surface area contributed by atoms with Gasteiger partial charge in [0, 0.05) is 25.0 Å². The molecule has 31 heavy (non-hydrogen) atoms. The Morgan fingerprint density at radius 3 is 2.65 bits per heavy atom. The number of thiophene rings is 1. The molecule has 2 N–H and O–H groups in total. The van der Waals surface area contributed by atoms with Crippen molar-refractivity contribution >= 4 is 50.6 Å². The van der Waals surface area contributed by atoms with Gasteiger partial charge in [0.1, 0.15) is 10.7 Å². The molecule has 0 saturated heterocycles. The Hall–Kier alpha value is -3.10. The number of anilines is 2. The van der Waals surface area contributed by atoms with E-state index in [1.54, 1.807) is 0 Å². The average molecular weight is 451 g/mol. The van der Waals surface area contributed by atoms with Gasteiger partial charge in [-0.3, -0.25) is 9.59 Å². The molecule has 0 unspecified atom stereocenters. The molecule has 0 spiro atoms. The Bertz CT molecular complexity index is 1270. The van der Waals surface area contributed by atoms with Crippen molar-refractivity contribution < 1.29 is 4.79 Å². The molecule has 0 aliphatic carbocycles. The lowest BCUT2D eigenvalue weighted by Gasteiger charge is -2.17. The van der Waals surface area contributed by atoms with E-state index in [9.17, 15) is 9.59 Å². The van der Waals surface area contributed by atoms with Crippen LogP contribution in [0, 0.1) is 0 Å². The van der Waals surface area contributed by atoms with Crippen molar-refractivity contribution in [2.45, 2.75) is 5.75 Å². The van der Waals surface area contributed by atoms with Crippen molar-refractivity contribution in [2.75, 3.05) is 30.1 Å². The minimum absolute atomic E-state index is 0.0924. The number of H-pyrrole nitrogens is 1. The third-order valence-electron chi connectivity index (χ3n) is 4.71. The number of nitrogens with one attached hydrogen (secondary N) is 2. The van der Waals surface area contributed by atoms with Crippen LogP contribution >= 0.6 is 23.1 Å². The number of nitrogens with zero attached hydrogens (tertiary/aromatic N) is 2. The lowest BCUT2D eigenvalue weighted by molar-refractivity contribution is -0.113. The maximum atomic E-state index is 12.7. The number of thioether (sulfide) groups is 1. The summed E-state index contributed by atoms with van der Waals surface area (Å²) in [7, 11) is 3.87. The standard InChI is InChI=1S/C23H22N4O2S2/c1-27(2)18-11-7-6-10-17(18)24-20(28)14-30-13-19-25-22(29)21-16(12-31-23(21)26-19)15-8-4-3-5-9-15/h3-12H,13-14H2,1-2H3,(H,24,28)(H,25,26,29). The van der Waals surface area contributed by atoms with Crippen LogP contribution in [0.25, 0.3) is 21.3 Å². The quantitative estimate of drug-likeness (QED) is 0.431. The fourth-order valence-corrected chi connectivity index (χ4v) is 4.94. The van der Waals surface area contributed by atoms with Crippen LogP contribution in [0.1, 0.15) is 5.82 Å². The molecule has 6 nitrogen and oxygen atoms in total. The SMILES string of the molecule is CN(C)c1ccccc1NC(=O)CSCc1nc2scc(-c3ccccc3)c2c(=O)[nH]1. The molecule has 0 fully saturated rings. The van der Waals surface area contributed by atoms with E-state index >= 15 is 0 Å². The summed E-state index contributed by atoms with van der Waals surface area (Å²) in [4.78, 5) is 35.2. The number of amides is 1. The van der Waals surface area contributed by atoms with Gasteiger partial charge in [-0.05, 0) is 17.7 Å². The summed E-state index contributed by atoms with van der Waals surface area (Å²) in [5, 5.41) is 5.53. The fraction of sp³-hybridized carbons (Fsp3) is 0.174. The lowest BCUT2D eigenvalue weighted by Crippen LogP contribution is -2.18. The zero-order valence-electron chi connectivity index (χ0n) is 17.2. The van der Waals surface area contributed by atoms with Crippen molar-refractivity contribution in [1.82, 2.24) is 9.97 Å². The molecular formula is C23H22N4O2S2. The van der Waals surface area contributed by atoms with Gasteiger partial charge in [-0.25, -0.2) is 4.98 Å². The highest BCUT2D eigenvalue weighted by Gasteiger charge is 2.13. The van der Waals surface area contributed by atoms with Crippen molar-refractivity contribution in [3.8, 4) is 11.1 Å². The second kappa shape index (κ2) is 9.36. The van der Waals surface area contributed by atoms with Crippen LogP contribution in [0.3, 0.4) is 0 Å². The summed E-state index contributed by atoms with van der Waals surface area (Å²) in [5.41, 5.74) is 3.47. The van der Waals surface area contributed by atoms with Gasteiger partial charge in [-0.15, -0.1) is 23.1 Å². The average Bonchev–Trinajstić information content (AvgIpc) is 3.19. The Kier molecular flexibility index (Phi) is 6.39. The number of carbonyl (C=O) groups excluding carboxylic acids is 1. The van der Waals surface area contributed by atoms with Gasteiger partial charge < -0.3 is 15.2 Å². The first-order chi connectivity index (χ1) is 15.0. The number of rotatable bonds is 7. The number of benzene rings is 2. The number of aromatic nitrogens is 2. The van der Waals surface area contributed by atoms with Gasteiger partial charge in [0.05, 0.1) is 28.3 Å². The highest BCUT2D eigenvalue weighted by molar-refractivity contribution is 7.99. The molecule has 2 aromatic heterocycles. The molecule has 158 valence electrons. The van der Waals surface area contributed by atoms with E-state index < -0.39 is 0 Å². The van der Waals surface area contributed by atoms with Crippen LogP contribution in [0.15, 0.2) is 64.8 Å². The first-order valence-corrected chi connectivity index (χ1v) is 11.8. The summed E-state index contributed by atoms with van der Waals surface area (Å²) in [6.45, 7) is 0. The largest absolute Gasteiger partial charge is 0.376 e. The van der Waals surface area contributed by atoms with Crippen LogP contribution in [0.2, 0.25) is 0 Å². The maximum Gasteiger partial charge on any atom is 0.260 e. The molecule has 0 atom stereocenters. The molecule has 0 aliphatic rings. The summed E-state index contributed by atoms with van der Waals surface area (Å²) in [6.07, 6.45) is 0. The van der Waals surface area contributed by atoms with Gasteiger partial charge in [-0.1, -0.05) is 42.5 Å². The Balaban J connectivity index is 1.42. The molecule has 2 heterocycles. The summed E-state index contributed by atoms with van der Waals surface area (Å²) >= 11 is 2.87. The third-order valence-corrected chi connectivity index (χ3v) is 6.53. The minimum Gasteiger partial charge on any atom is -0.376 e. The Morgan fingerprint density at radius 1 is 1.13 bits per heavy atom. The van der Waals surface area contributed by atoms with E-state index in [-0.39, 0.29) is 17.2 Å². The molecule has 4 aromatic rings. The number of aromatic amines is 1. The highest BCUT2D eigenvalue weighted by Crippen LogP contribution is 2.30. The molecule has 0 bridgehead atoms. The van der Waals surface area contributed by atoms with Gasteiger partial charge >= 0.3 is 0 Å². The number of hydrogen-bond acceptors (Lipinski definition) is 6. The Morgan fingerprint density at radius 2 is 1.87 bits per heavy atom. The molecular weight excluding hydrogens is 428 g/mol. The predicted molar refractivity (Wildman–Crippen MR) is 131 cm³/mol. The summed E-state index contributed by atoms with van der Waals surface area (Å²) < 4.78 is 0. The van der Waals surface area contributed by atoms with Gasteiger partial charge in [0.15, 0.2) is 0 Å². The van der Waals surface area contributed by atoms with Crippen LogP contribution in [0.5, 0.6) is 0 Å². The monoisotopic (exact) mass is 450 g/mol. The lowest BCUT2D eigenvalue weighted by atomic mass is 10.1. The molecule has 0 aliphatic heterocycles. The second-order valence-electron chi connectivity index (χ2n) is 7.16. The number of carbonyl (C=O) groups is 1. The second-order valence-corrected chi connectivity index (χ2v) is 9.00. The first-order valence-electron chi connectivity index (χ1n) is 9.72. The number of hydrogen-bond donors (Lipinski definition) is 2. The topological polar surface area (TPSA) is 78.1 Å². The number of para-hydroxylation sites is 2. The van der Waals surface area contributed by atoms with E-state index in [4.69, 9.17) is 0 Å². The van der Waals surface area contributed by atoms with Crippen LogP contribution in [-0.2, 0) is 10.5 Å². The van der Waals surface area contributed by atoms with Crippen LogP contribution in [-0.4, -0.2) is 35.7 Å². The third kappa shape index (κ3) is 4.81. The van der Waals surface area contributed by atoms with Crippen molar-refractivity contribution in [1.29, 1.82) is 0 Å². The van der Waals surface area contributed by atoms with Crippen LogP contribution in [0.4, 0.5) is 11.4 Å². The minimum atomic E-state index is -0.148. The van der Waals surface area contributed by atoms with Crippen molar-refractivity contribution in [3.05, 3.63) is 76.2 Å². The van der Waals surface area contributed by atoms with Crippen LogP contribution < -0.4 is 15.8 Å². The molecule has 1 amide bonds. The highest BCUT2D eigenvalue weighted by atomic mass is 32.2. The van der Waals surface area contributed by atoms with E-state index in [1.165, 1.54) is 23.1 Å². The summed E-state index contributed by atoms with van der Waals surface area (Å²) in [5.74, 6) is 1.20. The zero-order chi connectivity index (χ0) is 21.8. The van der Waals surface area contributed by atoms with E-state index in [0.717, 1.165) is 22.5 Å². The molecule has 0 saturated carbocycles. The van der Waals surface area contributed by atoms with Gasteiger partial charge in [-0.2, -0.15) is 0 Å². The van der Waals surface area contributed by atoms with E-state index in [2.05, 4.69) is 15.3 Å². The van der Waals surface area contributed by atoms with E-state index in [1.807, 2.05) is 79.0 Å². The summed E-state index contributed by atoms with van der Waals surface area (Å²) in [6, 6.07) is 17.5. The molecule has 2 aromatic carbocycles. The molecule has 8 heteroatoms. The van der Waals surface area contributed by atoms with Gasteiger partial charge in [0.2, 0.25) is 5.91 Å². The normalized spacial score (nSPS) is 10.9. The van der Waals surface area contributed by atoms with E-state index in [0.29, 0.717) is 21.8 Å². The van der Waals surface area contributed by atoms with Crippen molar-refractivity contribution in [2.24, 2.45) is 0 Å². The van der Waals surface area contributed by atoms with Gasteiger partial charge in [0.25, 0.3) is 5.56 Å². The first kappa shape index (κ1) is 21.1.